The monoisotopic (exact) mass is 623 g/mol. The number of urea groups is 1. The number of carbonyl (C=O) groups is 2. The van der Waals surface area contributed by atoms with E-state index in [0.717, 1.165) is 37.1 Å². The smallest absolute Gasteiger partial charge is 0.477 e. The number of H-pyrrole nitrogens is 1. The van der Waals surface area contributed by atoms with Gasteiger partial charge < -0.3 is 30.4 Å². The van der Waals surface area contributed by atoms with Crippen LogP contribution in [0.4, 0.5) is 28.0 Å². The summed E-state index contributed by atoms with van der Waals surface area (Å²) in [7, 11) is 0. The number of benzene rings is 1. The molecular formula is C28H26ClF4N5O5. The Kier molecular flexibility index (Phi) is 8.60. The number of aromatic amines is 1. The number of pyridine rings is 2. The van der Waals surface area contributed by atoms with Crippen LogP contribution in [0, 0.1) is 11.7 Å². The van der Waals surface area contributed by atoms with Crippen molar-refractivity contribution in [3.8, 4) is 17.0 Å². The number of anilines is 1. The van der Waals surface area contributed by atoms with Gasteiger partial charge in [0.05, 0.1) is 23.4 Å². The molecule has 3 aromatic rings. The fraction of sp³-hybridized carbons (Fsp3) is 0.357. The van der Waals surface area contributed by atoms with Gasteiger partial charge in [-0.25, -0.2) is 19.0 Å². The van der Waals surface area contributed by atoms with Gasteiger partial charge in [-0.2, -0.15) is 13.2 Å². The lowest BCUT2D eigenvalue weighted by Gasteiger charge is -2.36. The standard InChI is InChI=1S/C26H25ClFN5O3.C2HF3O2/c27-20-8-22(21(28)7-18(20)15-1-4-25(31-11-15)36-13-14-9-29-10-14)32-26(35)33-17-2-3-23(33)19-12-30-24(34)6-16(19)5-17;3-2(4,5)1(6)7/h1,4,6-8,11-12,14,17,23,29H,2-3,5,9-10,13H2,(H,30,34)(H,32,35);(H,6,7)/t17-,23+;/m0./s1. The Balaban J connectivity index is 0.000000472. The zero-order chi connectivity index (χ0) is 30.9. The minimum absolute atomic E-state index is 0.0161. The molecule has 43 heavy (non-hydrogen) atoms. The van der Waals surface area contributed by atoms with Crippen molar-refractivity contribution in [2.24, 2.45) is 5.92 Å². The molecule has 0 radical (unpaired) electrons. The molecule has 6 rings (SSSR count). The number of alkyl halides is 3. The van der Waals surface area contributed by atoms with Gasteiger partial charge in [0, 0.05) is 60.7 Å². The van der Waals surface area contributed by atoms with Crippen molar-refractivity contribution in [3.05, 3.63) is 75.0 Å². The summed E-state index contributed by atoms with van der Waals surface area (Å²) >= 11 is 6.49. The highest BCUT2D eigenvalue weighted by atomic mass is 35.5. The van der Waals surface area contributed by atoms with Crippen LogP contribution < -0.4 is 20.9 Å². The fourth-order valence-corrected chi connectivity index (χ4v) is 5.57. The topological polar surface area (TPSA) is 137 Å². The van der Waals surface area contributed by atoms with Gasteiger partial charge in [0.2, 0.25) is 11.4 Å². The van der Waals surface area contributed by atoms with E-state index >= 15 is 4.39 Å². The molecule has 3 aliphatic heterocycles. The molecule has 1 aromatic carbocycles. The van der Waals surface area contributed by atoms with Gasteiger partial charge in [-0.05, 0) is 48.6 Å². The number of carboxylic acid groups (broad SMARTS) is 1. The number of nitrogens with zero attached hydrogens (tertiary/aromatic N) is 2. The van der Waals surface area contributed by atoms with Gasteiger partial charge in [-0.3, -0.25) is 4.79 Å². The molecule has 2 saturated heterocycles. The second-order valence-corrected chi connectivity index (χ2v) is 10.8. The summed E-state index contributed by atoms with van der Waals surface area (Å²) in [5.74, 6) is -2.34. The lowest BCUT2D eigenvalue weighted by atomic mass is 9.95. The number of fused-ring (bicyclic) bond motifs is 4. The molecule has 2 fully saturated rings. The molecule has 10 nitrogen and oxygen atoms in total. The number of hydrogen-bond acceptors (Lipinski definition) is 6. The molecule has 3 aliphatic rings. The number of ether oxygens (including phenoxy) is 1. The second-order valence-electron chi connectivity index (χ2n) is 10.4. The van der Waals surface area contributed by atoms with Crippen LogP contribution in [-0.2, 0) is 11.2 Å². The number of aliphatic carboxylic acids is 1. The summed E-state index contributed by atoms with van der Waals surface area (Å²) in [6.45, 7) is 2.50. The summed E-state index contributed by atoms with van der Waals surface area (Å²) in [4.78, 5) is 42.6. The number of rotatable bonds is 5. The van der Waals surface area contributed by atoms with E-state index in [1.165, 1.54) is 12.1 Å². The molecule has 0 aliphatic carbocycles. The van der Waals surface area contributed by atoms with Crippen LogP contribution in [0.15, 0.2) is 47.5 Å². The van der Waals surface area contributed by atoms with Crippen molar-refractivity contribution >= 4 is 29.3 Å². The number of nitrogens with one attached hydrogen (secondary N) is 3. The largest absolute Gasteiger partial charge is 0.490 e. The average Bonchev–Trinajstić information content (AvgIpc) is 3.24. The van der Waals surface area contributed by atoms with Crippen LogP contribution in [-0.4, -0.2) is 63.9 Å². The number of carboxylic acids is 1. The highest BCUT2D eigenvalue weighted by Gasteiger charge is 2.43. The lowest BCUT2D eigenvalue weighted by Crippen LogP contribution is -2.45. The van der Waals surface area contributed by atoms with Crippen molar-refractivity contribution in [1.82, 2.24) is 20.2 Å². The van der Waals surface area contributed by atoms with Crippen LogP contribution >= 0.6 is 11.6 Å². The number of halogens is 5. The van der Waals surface area contributed by atoms with Crippen molar-refractivity contribution in [2.45, 2.75) is 37.5 Å². The van der Waals surface area contributed by atoms with Gasteiger partial charge in [-0.1, -0.05) is 11.6 Å². The molecule has 2 atom stereocenters. The van der Waals surface area contributed by atoms with Gasteiger partial charge in [0.1, 0.15) is 5.82 Å². The van der Waals surface area contributed by atoms with E-state index < -0.39 is 18.0 Å². The van der Waals surface area contributed by atoms with E-state index in [0.29, 0.717) is 41.0 Å². The molecule has 15 heteroatoms. The van der Waals surface area contributed by atoms with Crippen molar-refractivity contribution < 1.29 is 37.0 Å². The third-order valence-corrected chi connectivity index (χ3v) is 7.83. The Bertz CT molecular complexity index is 1580. The maximum atomic E-state index is 15.1. The molecule has 0 spiro atoms. The van der Waals surface area contributed by atoms with Gasteiger partial charge in [0.25, 0.3) is 0 Å². The maximum Gasteiger partial charge on any atom is 0.490 e. The fourth-order valence-electron chi connectivity index (χ4n) is 5.30. The molecule has 0 saturated carbocycles. The minimum atomic E-state index is -5.08. The number of hydrogen-bond donors (Lipinski definition) is 4. The van der Waals surface area contributed by atoms with Crippen LogP contribution in [0.1, 0.15) is 30.0 Å². The Hall–Kier alpha value is -4.17. The molecule has 2 aromatic heterocycles. The highest BCUT2D eigenvalue weighted by Crippen LogP contribution is 2.43. The maximum absolute atomic E-state index is 15.1. The molecule has 5 heterocycles. The first-order valence-electron chi connectivity index (χ1n) is 13.3. The van der Waals surface area contributed by atoms with Gasteiger partial charge in [-0.15, -0.1) is 0 Å². The number of aromatic nitrogens is 2. The Morgan fingerprint density at radius 2 is 1.93 bits per heavy atom. The van der Waals surface area contributed by atoms with Crippen molar-refractivity contribution in [1.29, 1.82) is 0 Å². The summed E-state index contributed by atoms with van der Waals surface area (Å²) in [5, 5.41) is 13.3. The zero-order valence-electron chi connectivity index (χ0n) is 22.4. The second kappa shape index (κ2) is 12.2. The van der Waals surface area contributed by atoms with E-state index in [-0.39, 0.29) is 29.4 Å². The van der Waals surface area contributed by atoms with Crippen LogP contribution in [0.2, 0.25) is 5.02 Å². The Labute approximate surface area is 247 Å². The average molecular weight is 624 g/mol. The third kappa shape index (κ3) is 6.75. The molecule has 228 valence electrons. The van der Waals surface area contributed by atoms with E-state index in [2.05, 4.69) is 20.6 Å². The first kappa shape index (κ1) is 30.3. The summed E-state index contributed by atoms with van der Waals surface area (Å²) < 4.78 is 52.5. The number of amides is 2. The first-order chi connectivity index (χ1) is 20.4. The number of carbonyl (C=O) groups excluding carboxylic acids is 1. The summed E-state index contributed by atoms with van der Waals surface area (Å²) in [6, 6.07) is 7.29. The predicted octanol–water partition coefficient (Wildman–Crippen LogP) is 4.75. The molecular weight excluding hydrogens is 598 g/mol. The SMILES string of the molecule is O=C(Nc1cc(Cl)c(-c2ccc(OCC3CNC3)nc2)cc1F)N1[C@H]2CC[C@@H]1c1c[nH]c(=O)cc1C2.O=C(O)C(F)(F)F. The van der Waals surface area contributed by atoms with Crippen LogP contribution in [0.25, 0.3) is 11.1 Å². The van der Waals surface area contributed by atoms with Crippen molar-refractivity contribution in [2.75, 3.05) is 25.0 Å². The first-order valence-corrected chi connectivity index (χ1v) is 13.7. The lowest BCUT2D eigenvalue weighted by molar-refractivity contribution is -0.192. The third-order valence-electron chi connectivity index (χ3n) is 7.52. The normalized spacial score (nSPS) is 19.0. The summed E-state index contributed by atoms with van der Waals surface area (Å²) in [6.07, 6.45) is 0.429. The van der Waals surface area contributed by atoms with E-state index in [9.17, 15) is 22.8 Å². The Morgan fingerprint density at radius 1 is 1.19 bits per heavy atom. The zero-order valence-corrected chi connectivity index (χ0v) is 23.1. The molecule has 0 unspecified atom stereocenters. The molecule has 4 N–H and O–H groups in total. The van der Waals surface area contributed by atoms with E-state index in [1.807, 2.05) is 0 Å². The van der Waals surface area contributed by atoms with Crippen LogP contribution in [0.5, 0.6) is 5.88 Å². The molecule has 2 bridgehead atoms. The highest BCUT2D eigenvalue weighted by molar-refractivity contribution is 6.33. The Morgan fingerprint density at radius 3 is 2.56 bits per heavy atom. The van der Waals surface area contributed by atoms with Gasteiger partial charge >= 0.3 is 18.2 Å². The predicted molar refractivity (Wildman–Crippen MR) is 148 cm³/mol. The molecule has 2 amide bonds. The van der Waals surface area contributed by atoms with Gasteiger partial charge in [0.15, 0.2) is 0 Å². The van der Waals surface area contributed by atoms with Crippen molar-refractivity contribution in [3.63, 3.8) is 0 Å². The van der Waals surface area contributed by atoms with E-state index in [1.54, 1.807) is 35.5 Å². The van der Waals surface area contributed by atoms with E-state index in [4.69, 9.17) is 26.2 Å². The summed E-state index contributed by atoms with van der Waals surface area (Å²) in [5.41, 5.74) is 2.91. The van der Waals surface area contributed by atoms with Crippen LogP contribution in [0.3, 0.4) is 0 Å². The quantitative estimate of drug-likeness (QED) is 0.301. The minimum Gasteiger partial charge on any atom is -0.477 e.